The van der Waals surface area contributed by atoms with Gasteiger partial charge in [-0.25, -0.2) is 8.78 Å². The lowest BCUT2D eigenvalue weighted by molar-refractivity contribution is -0.122. The van der Waals surface area contributed by atoms with Gasteiger partial charge >= 0.3 is 0 Å². The number of piperidine rings is 1. The second-order valence-corrected chi connectivity index (χ2v) is 5.56. The number of hydrogen-bond donors (Lipinski definition) is 0. The van der Waals surface area contributed by atoms with E-state index in [2.05, 4.69) is 18.9 Å². The quantitative estimate of drug-likeness (QED) is 0.792. The van der Waals surface area contributed by atoms with Crippen molar-refractivity contribution in [2.24, 2.45) is 0 Å². The summed E-state index contributed by atoms with van der Waals surface area (Å²) in [4.78, 5) is 15.2. The molecule has 2 unspecified atom stereocenters. The Labute approximate surface area is 118 Å². The van der Waals surface area contributed by atoms with Crippen LogP contribution in [0.3, 0.4) is 0 Å². The molecular weight excluding hydrogens is 262 g/mol. The maximum atomic E-state index is 13.2. The van der Waals surface area contributed by atoms with Crippen LogP contribution in [0.15, 0.2) is 18.2 Å². The third kappa shape index (κ3) is 3.54. The molecule has 1 aliphatic rings. The topological polar surface area (TPSA) is 23.6 Å². The van der Waals surface area contributed by atoms with Crippen molar-refractivity contribution in [2.75, 3.05) is 13.6 Å². The number of halogens is 2. The van der Waals surface area contributed by atoms with Crippen molar-refractivity contribution in [3.8, 4) is 0 Å². The van der Waals surface area contributed by atoms with Gasteiger partial charge in [0.1, 0.15) is 11.6 Å². The van der Waals surface area contributed by atoms with Crippen LogP contribution in [0.2, 0.25) is 0 Å². The summed E-state index contributed by atoms with van der Waals surface area (Å²) in [5, 5.41) is 0. The van der Waals surface area contributed by atoms with E-state index in [9.17, 15) is 13.6 Å². The van der Waals surface area contributed by atoms with E-state index in [1.165, 1.54) is 12.1 Å². The summed E-state index contributed by atoms with van der Waals surface area (Å²) in [7, 11) is 2.06. The summed E-state index contributed by atoms with van der Waals surface area (Å²) in [5.74, 6) is -1.22. The van der Waals surface area contributed by atoms with Crippen LogP contribution in [0.4, 0.5) is 8.78 Å². The Morgan fingerprint density at radius 3 is 2.55 bits per heavy atom. The predicted octanol–water partition coefficient (Wildman–Crippen LogP) is 2.41. The highest BCUT2D eigenvalue weighted by Gasteiger charge is 2.26. The summed E-state index contributed by atoms with van der Waals surface area (Å²) < 4.78 is 26.4. The van der Waals surface area contributed by atoms with Gasteiger partial charge in [0, 0.05) is 31.2 Å². The second kappa shape index (κ2) is 6.31. The lowest BCUT2D eigenvalue weighted by Crippen LogP contribution is -2.46. The third-order valence-electron chi connectivity index (χ3n) is 4.07. The number of rotatable bonds is 4. The van der Waals surface area contributed by atoms with Gasteiger partial charge in [-0.05, 0) is 44.5 Å². The molecule has 2 rings (SSSR count). The maximum absolute atomic E-state index is 13.2. The van der Waals surface area contributed by atoms with Crippen molar-refractivity contribution in [3.63, 3.8) is 0 Å². The van der Waals surface area contributed by atoms with Crippen molar-refractivity contribution < 1.29 is 13.6 Å². The number of nitrogens with zero attached hydrogens (tertiary/aromatic N) is 2. The van der Waals surface area contributed by atoms with Gasteiger partial charge in [0.25, 0.3) is 0 Å². The van der Waals surface area contributed by atoms with Gasteiger partial charge in [0.05, 0.1) is 0 Å². The Hall–Kier alpha value is -1.49. The molecule has 1 fully saturated rings. The van der Waals surface area contributed by atoms with Gasteiger partial charge < -0.3 is 9.80 Å². The van der Waals surface area contributed by atoms with E-state index in [0.29, 0.717) is 11.6 Å². The van der Waals surface area contributed by atoms with Crippen molar-refractivity contribution in [3.05, 3.63) is 35.4 Å². The molecule has 2 atom stereocenters. The molecule has 3 nitrogen and oxygen atoms in total. The highest BCUT2D eigenvalue weighted by Crippen LogP contribution is 2.21. The first-order chi connectivity index (χ1) is 9.49. The van der Waals surface area contributed by atoms with Crippen molar-refractivity contribution in [1.82, 2.24) is 9.80 Å². The molecule has 1 heterocycles. The van der Waals surface area contributed by atoms with E-state index < -0.39 is 11.6 Å². The normalized spacial score (nSPS) is 23.6. The first-order valence-corrected chi connectivity index (χ1v) is 6.86. The van der Waals surface area contributed by atoms with Crippen LogP contribution >= 0.6 is 0 Å². The molecular formula is C15H20F2N2O. The third-order valence-corrected chi connectivity index (χ3v) is 4.07. The zero-order valence-corrected chi connectivity index (χ0v) is 11.9. The van der Waals surface area contributed by atoms with Gasteiger partial charge in [-0.1, -0.05) is 0 Å². The fourth-order valence-corrected chi connectivity index (χ4v) is 2.73. The van der Waals surface area contributed by atoms with Crippen molar-refractivity contribution in [1.29, 1.82) is 0 Å². The number of carbonyl (C=O) groups is 1. The lowest BCUT2D eigenvalue weighted by Gasteiger charge is -2.39. The van der Waals surface area contributed by atoms with Gasteiger partial charge in [-0.15, -0.1) is 0 Å². The van der Waals surface area contributed by atoms with Crippen LogP contribution in [0, 0.1) is 11.6 Å². The molecule has 0 bridgehead atoms. The van der Waals surface area contributed by atoms with E-state index in [1.54, 1.807) is 4.90 Å². The molecule has 110 valence electrons. The van der Waals surface area contributed by atoms with Gasteiger partial charge in [-0.3, -0.25) is 4.79 Å². The van der Waals surface area contributed by atoms with E-state index in [4.69, 9.17) is 0 Å². The van der Waals surface area contributed by atoms with Crippen LogP contribution in [-0.2, 0) is 11.3 Å². The summed E-state index contributed by atoms with van der Waals surface area (Å²) in [6.07, 6.45) is 2.55. The minimum Gasteiger partial charge on any atom is -0.338 e. The smallest absolute Gasteiger partial charge is 0.210 e. The molecule has 0 saturated carbocycles. The SMILES string of the molecule is CC1CC(N(C=O)Cc2cc(F)cc(F)c2)CCN1C. The summed E-state index contributed by atoms with van der Waals surface area (Å²) in [6, 6.07) is 3.92. The molecule has 1 aromatic carbocycles. The van der Waals surface area contributed by atoms with E-state index in [1.807, 2.05) is 0 Å². The number of hydrogen-bond acceptors (Lipinski definition) is 2. The molecule has 0 spiro atoms. The molecule has 1 amide bonds. The van der Waals surface area contributed by atoms with Gasteiger partial charge in [0.15, 0.2) is 0 Å². The molecule has 1 aliphatic heterocycles. The zero-order chi connectivity index (χ0) is 14.7. The molecule has 1 saturated heterocycles. The fourth-order valence-electron chi connectivity index (χ4n) is 2.73. The zero-order valence-electron chi connectivity index (χ0n) is 11.9. The number of carbonyl (C=O) groups excluding carboxylic acids is 1. The number of amides is 1. The fraction of sp³-hybridized carbons (Fsp3) is 0.533. The largest absolute Gasteiger partial charge is 0.338 e. The molecule has 0 aromatic heterocycles. The van der Waals surface area contributed by atoms with Gasteiger partial charge in [-0.2, -0.15) is 0 Å². The first-order valence-electron chi connectivity index (χ1n) is 6.86. The monoisotopic (exact) mass is 282 g/mol. The average molecular weight is 282 g/mol. The van der Waals surface area contributed by atoms with Gasteiger partial charge in [0.2, 0.25) is 6.41 Å². The Morgan fingerprint density at radius 1 is 1.35 bits per heavy atom. The van der Waals surface area contributed by atoms with E-state index >= 15 is 0 Å². The number of benzene rings is 1. The molecule has 20 heavy (non-hydrogen) atoms. The van der Waals surface area contributed by atoms with Crippen LogP contribution in [0.5, 0.6) is 0 Å². The Bertz CT molecular complexity index is 461. The predicted molar refractivity (Wildman–Crippen MR) is 73.1 cm³/mol. The molecule has 0 aliphatic carbocycles. The standard InChI is InChI=1S/C15H20F2N2O/c1-11-5-15(3-4-18(11)2)19(10-20)9-12-6-13(16)8-14(17)7-12/h6-8,10-11,15H,3-5,9H2,1-2H3. The highest BCUT2D eigenvalue weighted by molar-refractivity contribution is 5.48. The van der Waals surface area contributed by atoms with Crippen LogP contribution < -0.4 is 0 Å². The summed E-state index contributed by atoms with van der Waals surface area (Å²) >= 11 is 0. The first kappa shape index (κ1) is 14.9. The summed E-state index contributed by atoms with van der Waals surface area (Å²) in [6.45, 7) is 3.30. The van der Waals surface area contributed by atoms with Crippen LogP contribution in [0.25, 0.3) is 0 Å². The molecule has 0 N–H and O–H groups in total. The maximum Gasteiger partial charge on any atom is 0.210 e. The summed E-state index contributed by atoms with van der Waals surface area (Å²) in [5.41, 5.74) is 0.487. The highest BCUT2D eigenvalue weighted by atomic mass is 19.1. The second-order valence-electron chi connectivity index (χ2n) is 5.56. The molecule has 5 heteroatoms. The van der Waals surface area contributed by atoms with E-state index in [-0.39, 0.29) is 12.6 Å². The van der Waals surface area contributed by atoms with Crippen molar-refractivity contribution >= 4 is 6.41 Å². The average Bonchev–Trinajstić information content (AvgIpc) is 2.38. The van der Waals surface area contributed by atoms with Crippen LogP contribution in [0.1, 0.15) is 25.3 Å². The molecule has 1 aromatic rings. The minimum atomic E-state index is -0.609. The van der Waals surface area contributed by atoms with Crippen LogP contribution in [-0.4, -0.2) is 41.9 Å². The lowest BCUT2D eigenvalue weighted by atomic mass is 9.97. The van der Waals surface area contributed by atoms with Crippen molar-refractivity contribution in [2.45, 2.75) is 38.4 Å². The molecule has 0 radical (unpaired) electrons. The number of likely N-dealkylation sites (tertiary alicyclic amines) is 1. The Balaban J connectivity index is 2.07. The Morgan fingerprint density at radius 2 is 2.00 bits per heavy atom. The Kier molecular flexibility index (Phi) is 4.70. The minimum absolute atomic E-state index is 0.130. The van der Waals surface area contributed by atoms with E-state index in [0.717, 1.165) is 31.9 Å².